The van der Waals surface area contributed by atoms with Crippen molar-refractivity contribution in [2.75, 3.05) is 6.54 Å². The highest BCUT2D eigenvalue weighted by molar-refractivity contribution is 6.30. The SMILES string of the molecule is CCNC(=O)C(Cc1ccccc1)N(Cc1ccc(Cl)cc1)C(=O)CCc1ccc(C(C)C)cc1. The lowest BCUT2D eigenvalue weighted by molar-refractivity contribution is -0.141. The van der Waals surface area contributed by atoms with Crippen LogP contribution in [0.25, 0.3) is 0 Å². The van der Waals surface area contributed by atoms with E-state index < -0.39 is 6.04 Å². The average Bonchev–Trinajstić information content (AvgIpc) is 2.86. The molecule has 5 heteroatoms. The van der Waals surface area contributed by atoms with Gasteiger partial charge in [-0.15, -0.1) is 0 Å². The Hall–Kier alpha value is -3.11. The van der Waals surface area contributed by atoms with Crippen LogP contribution < -0.4 is 5.32 Å². The number of hydrogen-bond acceptors (Lipinski definition) is 2. The second-order valence-corrected chi connectivity index (χ2v) is 9.58. The number of amides is 2. The van der Waals surface area contributed by atoms with E-state index in [2.05, 4.69) is 43.4 Å². The van der Waals surface area contributed by atoms with E-state index in [-0.39, 0.29) is 11.8 Å². The molecule has 3 aromatic rings. The summed E-state index contributed by atoms with van der Waals surface area (Å²) in [5.41, 5.74) is 4.35. The molecule has 0 heterocycles. The molecular formula is C30H35ClN2O2. The van der Waals surface area contributed by atoms with Crippen molar-refractivity contribution < 1.29 is 9.59 Å². The molecule has 1 unspecified atom stereocenters. The van der Waals surface area contributed by atoms with E-state index in [4.69, 9.17) is 11.6 Å². The number of carbonyl (C=O) groups excluding carboxylic acids is 2. The lowest BCUT2D eigenvalue weighted by Crippen LogP contribution is -2.50. The molecule has 1 atom stereocenters. The zero-order valence-corrected chi connectivity index (χ0v) is 21.6. The number of benzene rings is 3. The van der Waals surface area contributed by atoms with Gasteiger partial charge in [0.15, 0.2) is 0 Å². The van der Waals surface area contributed by atoms with Crippen molar-refractivity contribution in [3.63, 3.8) is 0 Å². The van der Waals surface area contributed by atoms with E-state index in [9.17, 15) is 9.59 Å². The van der Waals surface area contributed by atoms with Crippen LogP contribution >= 0.6 is 11.6 Å². The highest BCUT2D eigenvalue weighted by Crippen LogP contribution is 2.19. The van der Waals surface area contributed by atoms with Crippen LogP contribution in [0.15, 0.2) is 78.9 Å². The van der Waals surface area contributed by atoms with Gasteiger partial charge in [0, 0.05) is 31.0 Å². The van der Waals surface area contributed by atoms with E-state index in [1.165, 1.54) is 5.56 Å². The van der Waals surface area contributed by atoms with Crippen molar-refractivity contribution in [2.24, 2.45) is 0 Å². The van der Waals surface area contributed by atoms with Crippen LogP contribution in [-0.4, -0.2) is 29.3 Å². The number of halogens is 1. The van der Waals surface area contributed by atoms with Crippen molar-refractivity contribution in [1.82, 2.24) is 10.2 Å². The summed E-state index contributed by atoms with van der Waals surface area (Å²) in [6, 6.07) is 25.1. The molecular weight excluding hydrogens is 456 g/mol. The highest BCUT2D eigenvalue weighted by Gasteiger charge is 2.29. The van der Waals surface area contributed by atoms with E-state index in [0.717, 1.165) is 16.7 Å². The number of rotatable bonds is 11. The van der Waals surface area contributed by atoms with Crippen LogP contribution in [0, 0.1) is 0 Å². The highest BCUT2D eigenvalue weighted by atomic mass is 35.5. The Morgan fingerprint density at radius 3 is 2.09 bits per heavy atom. The first kappa shape index (κ1) is 26.5. The summed E-state index contributed by atoms with van der Waals surface area (Å²) < 4.78 is 0. The number of nitrogens with zero attached hydrogens (tertiary/aromatic N) is 1. The summed E-state index contributed by atoms with van der Waals surface area (Å²) in [6.45, 7) is 7.08. The molecule has 4 nitrogen and oxygen atoms in total. The van der Waals surface area contributed by atoms with E-state index in [1.54, 1.807) is 4.90 Å². The fourth-order valence-corrected chi connectivity index (χ4v) is 4.22. The van der Waals surface area contributed by atoms with Crippen molar-refractivity contribution in [1.29, 1.82) is 0 Å². The van der Waals surface area contributed by atoms with Crippen LogP contribution in [0.2, 0.25) is 5.02 Å². The summed E-state index contributed by atoms with van der Waals surface area (Å²) in [6.07, 6.45) is 1.41. The van der Waals surface area contributed by atoms with Gasteiger partial charge in [0.25, 0.3) is 0 Å². The molecule has 0 saturated heterocycles. The van der Waals surface area contributed by atoms with E-state index in [1.807, 2.05) is 61.5 Å². The molecule has 3 aromatic carbocycles. The molecule has 1 N–H and O–H groups in total. The minimum Gasteiger partial charge on any atom is -0.355 e. The Morgan fingerprint density at radius 2 is 1.49 bits per heavy atom. The van der Waals surface area contributed by atoms with Gasteiger partial charge in [-0.25, -0.2) is 0 Å². The Labute approximate surface area is 214 Å². The van der Waals surface area contributed by atoms with E-state index in [0.29, 0.717) is 43.3 Å². The third kappa shape index (κ3) is 7.97. The van der Waals surface area contributed by atoms with Gasteiger partial charge in [-0.1, -0.05) is 92.2 Å². The number of carbonyl (C=O) groups is 2. The summed E-state index contributed by atoms with van der Waals surface area (Å²) in [5, 5.41) is 3.57. The normalized spacial score (nSPS) is 11.8. The zero-order valence-electron chi connectivity index (χ0n) is 20.8. The van der Waals surface area contributed by atoms with Crippen LogP contribution in [0.4, 0.5) is 0 Å². The molecule has 35 heavy (non-hydrogen) atoms. The lowest BCUT2D eigenvalue weighted by Gasteiger charge is -2.31. The standard InChI is InChI=1S/C30H35ClN2O2/c1-4-32-30(35)28(20-24-8-6-5-7-9-24)33(21-25-12-17-27(31)18-13-25)29(34)19-14-23-10-15-26(16-11-23)22(2)3/h5-13,15-18,22,28H,4,14,19-21H2,1-3H3,(H,32,35). The first-order valence-electron chi connectivity index (χ1n) is 12.3. The maximum atomic E-state index is 13.6. The predicted octanol–water partition coefficient (Wildman–Crippen LogP) is 6.17. The fraction of sp³-hybridized carbons (Fsp3) is 0.333. The third-order valence-corrected chi connectivity index (χ3v) is 6.41. The van der Waals surface area contributed by atoms with Gasteiger partial charge < -0.3 is 10.2 Å². The van der Waals surface area contributed by atoms with Gasteiger partial charge in [0.1, 0.15) is 6.04 Å². The topological polar surface area (TPSA) is 49.4 Å². The molecule has 0 radical (unpaired) electrons. The summed E-state index contributed by atoms with van der Waals surface area (Å²) >= 11 is 6.08. The molecule has 0 spiro atoms. The smallest absolute Gasteiger partial charge is 0.243 e. The van der Waals surface area contributed by atoms with Crippen LogP contribution in [0.1, 0.15) is 55.4 Å². The predicted molar refractivity (Wildman–Crippen MR) is 143 cm³/mol. The van der Waals surface area contributed by atoms with Crippen molar-refractivity contribution >= 4 is 23.4 Å². The van der Waals surface area contributed by atoms with Crippen molar-refractivity contribution in [2.45, 2.75) is 58.5 Å². The molecule has 0 aliphatic heterocycles. The molecule has 0 aliphatic rings. The van der Waals surface area contributed by atoms with Crippen LogP contribution in [0.5, 0.6) is 0 Å². The molecule has 0 aromatic heterocycles. The van der Waals surface area contributed by atoms with Gasteiger partial charge in [-0.3, -0.25) is 9.59 Å². The molecule has 3 rings (SSSR count). The average molecular weight is 491 g/mol. The molecule has 184 valence electrons. The Kier molecular flexibility index (Phi) is 9.92. The number of hydrogen-bond donors (Lipinski definition) is 1. The molecule has 0 fully saturated rings. The van der Waals surface area contributed by atoms with E-state index >= 15 is 0 Å². The van der Waals surface area contributed by atoms with Gasteiger partial charge in [0.2, 0.25) is 11.8 Å². The van der Waals surface area contributed by atoms with Gasteiger partial charge >= 0.3 is 0 Å². The van der Waals surface area contributed by atoms with Gasteiger partial charge in [0.05, 0.1) is 0 Å². The second-order valence-electron chi connectivity index (χ2n) is 9.14. The molecule has 0 aliphatic carbocycles. The first-order valence-corrected chi connectivity index (χ1v) is 12.7. The summed E-state index contributed by atoms with van der Waals surface area (Å²) in [7, 11) is 0. The monoisotopic (exact) mass is 490 g/mol. The quantitative estimate of drug-likeness (QED) is 0.349. The number of likely N-dealkylation sites (N-methyl/N-ethyl adjacent to an activating group) is 1. The summed E-state index contributed by atoms with van der Waals surface area (Å²) in [4.78, 5) is 28.5. The number of aryl methyl sites for hydroxylation is 1. The maximum Gasteiger partial charge on any atom is 0.243 e. The van der Waals surface area contributed by atoms with Gasteiger partial charge in [-0.05, 0) is 53.6 Å². The minimum absolute atomic E-state index is 0.0416. The lowest BCUT2D eigenvalue weighted by atomic mass is 9.99. The Balaban J connectivity index is 1.85. The minimum atomic E-state index is -0.608. The molecule has 2 amide bonds. The maximum absolute atomic E-state index is 13.6. The number of nitrogens with one attached hydrogen (secondary N) is 1. The van der Waals surface area contributed by atoms with Crippen LogP contribution in [-0.2, 0) is 29.0 Å². The zero-order chi connectivity index (χ0) is 25.2. The van der Waals surface area contributed by atoms with Gasteiger partial charge in [-0.2, -0.15) is 0 Å². The largest absolute Gasteiger partial charge is 0.355 e. The van der Waals surface area contributed by atoms with Crippen molar-refractivity contribution in [3.05, 3.63) is 106 Å². The van der Waals surface area contributed by atoms with Crippen molar-refractivity contribution in [3.8, 4) is 0 Å². The first-order chi connectivity index (χ1) is 16.9. The molecule has 0 saturated carbocycles. The Bertz CT molecular complexity index is 1080. The second kappa shape index (κ2) is 13.1. The summed E-state index contributed by atoms with van der Waals surface area (Å²) in [5.74, 6) is 0.288. The third-order valence-electron chi connectivity index (χ3n) is 6.16. The Morgan fingerprint density at radius 1 is 0.857 bits per heavy atom. The fourth-order valence-electron chi connectivity index (χ4n) is 4.10. The van der Waals surface area contributed by atoms with Crippen LogP contribution in [0.3, 0.4) is 0 Å². The molecule has 0 bridgehead atoms.